The van der Waals surface area contributed by atoms with Crippen molar-refractivity contribution in [2.24, 2.45) is 0 Å². The van der Waals surface area contributed by atoms with Gasteiger partial charge in [0, 0.05) is 22.5 Å². The van der Waals surface area contributed by atoms with Gasteiger partial charge >= 0.3 is 5.97 Å². The molecule has 0 bridgehead atoms. The number of nitrogens with zero attached hydrogens (tertiary/aromatic N) is 4. The van der Waals surface area contributed by atoms with E-state index >= 15 is 0 Å². The van der Waals surface area contributed by atoms with Crippen molar-refractivity contribution >= 4 is 23.2 Å². The number of hydrogen-bond donors (Lipinski definition) is 0. The molecule has 4 rings (SSSR count). The van der Waals surface area contributed by atoms with Crippen LogP contribution in [0, 0.1) is 6.92 Å². The van der Waals surface area contributed by atoms with E-state index < -0.39 is 5.97 Å². The van der Waals surface area contributed by atoms with Crippen LogP contribution in [0.2, 0.25) is 5.02 Å². The van der Waals surface area contributed by atoms with Crippen molar-refractivity contribution in [2.75, 3.05) is 0 Å². The van der Waals surface area contributed by atoms with Crippen molar-refractivity contribution in [3.05, 3.63) is 71.0 Å². The number of ether oxygens (including phenoxy) is 1. The van der Waals surface area contributed by atoms with Gasteiger partial charge in [-0.3, -0.25) is 0 Å². The Hall–Kier alpha value is -3.19. The molecule has 8 heteroatoms. The molecule has 130 valence electrons. The molecule has 4 aromatic rings. The predicted octanol–water partition coefficient (Wildman–Crippen LogP) is 3.70. The summed E-state index contributed by atoms with van der Waals surface area (Å²) < 4.78 is 12.5. The highest BCUT2D eigenvalue weighted by Gasteiger charge is 2.15. The summed E-state index contributed by atoms with van der Waals surface area (Å²) in [4.78, 5) is 16.5. The van der Waals surface area contributed by atoms with Gasteiger partial charge in [0.15, 0.2) is 12.3 Å². The minimum atomic E-state index is -0.556. The smallest absolute Gasteiger partial charge is 0.359 e. The molecule has 0 aliphatic heterocycles. The van der Waals surface area contributed by atoms with Crippen molar-refractivity contribution in [2.45, 2.75) is 13.5 Å². The van der Waals surface area contributed by atoms with E-state index in [2.05, 4.69) is 15.2 Å². The van der Waals surface area contributed by atoms with E-state index in [-0.39, 0.29) is 18.2 Å². The zero-order valence-corrected chi connectivity index (χ0v) is 14.5. The summed E-state index contributed by atoms with van der Waals surface area (Å²) in [6, 6.07) is 12.6. The standard InChI is InChI=1S/C18H13ClN4O3/c1-11-3-2-4-15-20-14(9-23(11)15)18(24)25-10-16-21-22-17(26-16)12-5-7-13(19)8-6-12/h2-9H,10H2,1H3. The maximum absolute atomic E-state index is 12.2. The van der Waals surface area contributed by atoms with Gasteiger partial charge in [0.25, 0.3) is 5.89 Å². The quantitative estimate of drug-likeness (QED) is 0.511. The third-order valence-corrected chi connectivity index (χ3v) is 4.04. The fourth-order valence-electron chi connectivity index (χ4n) is 2.47. The fourth-order valence-corrected chi connectivity index (χ4v) is 2.59. The molecule has 0 aliphatic rings. The highest BCUT2D eigenvalue weighted by Crippen LogP contribution is 2.20. The third-order valence-electron chi connectivity index (χ3n) is 3.79. The van der Waals surface area contributed by atoms with Crippen molar-refractivity contribution in [1.29, 1.82) is 0 Å². The van der Waals surface area contributed by atoms with Gasteiger partial charge in [-0.05, 0) is 43.3 Å². The molecule has 3 heterocycles. The summed E-state index contributed by atoms with van der Waals surface area (Å²) in [5, 5.41) is 8.44. The maximum atomic E-state index is 12.2. The molecule has 3 aromatic heterocycles. The summed E-state index contributed by atoms with van der Waals surface area (Å²) in [6.07, 6.45) is 1.64. The molecule has 7 nitrogen and oxygen atoms in total. The van der Waals surface area contributed by atoms with Crippen LogP contribution in [0.3, 0.4) is 0 Å². The number of benzene rings is 1. The molecule has 0 aliphatic carbocycles. The Labute approximate surface area is 153 Å². The summed E-state index contributed by atoms with van der Waals surface area (Å²) in [7, 11) is 0. The Morgan fingerprint density at radius 1 is 1.19 bits per heavy atom. The van der Waals surface area contributed by atoms with E-state index in [0.717, 1.165) is 11.3 Å². The van der Waals surface area contributed by atoms with Crippen LogP contribution in [0.25, 0.3) is 17.1 Å². The molecular weight excluding hydrogens is 356 g/mol. The van der Waals surface area contributed by atoms with Crippen molar-refractivity contribution in [1.82, 2.24) is 19.6 Å². The molecule has 1 aromatic carbocycles. The second-order valence-electron chi connectivity index (χ2n) is 5.61. The molecule has 0 unspecified atom stereocenters. The Balaban J connectivity index is 1.46. The van der Waals surface area contributed by atoms with Gasteiger partial charge in [0.05, 0.1) is 0 Å². The van der Waals surface area contributed by atoms with Crippen LogP contribution < -0.4 is 0 Å². The van der Waals surface area contributed by atoms with Crippen molar-refractivity contribution in [3.63, 3.8) is 0 Å². The van der Waals surface area contributed by atoms with Crippen LogP contribution in [0.5, 0.6) is 0 Å². The minimum absolute atomic E-state index is 0.133. The first kappa shape index (κ1) is 16.3. The van der Waals surface area contributed by atoms with Gasteiger partial charge in [-0.25, -0.2) is 9.78 Å². The number of fused-ring (bicyclic) bond motifs is 1. The molecule has 0 N–H and O–H groups in total. The summed E-state index contributed by atoms with van der Waals surface area (Å²) in [6.45, 7) is 1.80. The minimum Gasteiger partial charge on any atom is -0.451 e. The number of rotatable bonds is 4. The van der Waals surface area contributed by atoms with E-state index in [1.165, 1.54) is 0 Å². The number of halogens is 1. The van der Waals surface area contributed by atoms with Crippen LogP contribution in [-0.4, -0.2) is 25.6 Å². The molecule has 0 amide bonds. The van der Waals surface area contributed by atoms with Gasteiger partial charge in [-0.2, -0.15) is 0 Å². The molecule has 0 radical (unpaired) electrons. The summed E-state index contributed by atoms with van der Waals surface area (Å²) in [5.41, 5.74) is 2.60. The van der Waals surface area contributed by atoms with Crippen LogP contribution in [-0.2, 0) is 11.3 Å². The average molecular weight is 369 g/mol. The van der Waals surface area contributed by atoms with Crippen LogP contribution in [0.1, 0.15) is 22.1 Å². The normalized spacial score (nSPS) is 11.0. The highest BCUT2D eigenvalue weighted by molar-refractivity contribution is 6.30. The van der Waals surface area contributed by atoms with Crippen LogP contribution in [0.4, 0.5) is 0 Å². The van der Waals surface area contributed by atoms with Gasteiger partial charge < -0.3 is 13.6 Å². The van der Waals surface area contributed by atoms with Crippen molar-refractivity contribution < 1.29 is 13.9 Å². The zero-order valence-electron chi connectivity index (χ0n) is 13.7. The highest BCUT2D eigenvalue weighted by atomic mass is 35.5. The molecule has 0 spiro atoms. The zero-order chi connectivity index (χ0) is 18.1. The van der Waals surface area contributed by atoms with E-state index in [1.807, 2.05) is 29.5 Å². The first-order chi connectivity index (χ1) is 12.6. The van der Waals surface area contributed by atoms with Gasteiger partial charge in [-0.1, -0.05) is 17.7 Å². The van der Waals surface area contributed by atoms with Crippen LogP contribution in [0.15, 0.2) is 53.1 Å². The molecule has 0 atom stereocenters. The topological polar surface area (TPSA) is 82.5 Å². The number of esters is 1. The Bertz CT molecular complexity index is 1090. The number of aromatic nitrogens is 4. The summed E-state index contributed by atoms with van der Waals surface area (Å²) in [5.74, 6) is -0.0290. The fraction of sp³-hybridized carbons (Fsp3) is 0.111. The third kappa shape index (κ3) is 3.16. The lowest BCUT2D eigenvalue weighted by atomic mass is 10.2. The second kappa shape index (κ2) is 6.61. The number of carbonyl (C=O) groups excluding carboxylic acids is 1. The molecule has 0 fully saturated rings. The predicted molar refractivity (Wildman–Crippen MR) is 93.8 cm³/mol. The van der Waals surface area contributed by atoms with Gasteiger partial charge in [0.1, 0.15) is 5.65 Å². The van der Waals surface area contributed by atoms with E-state index in [1.54, 1.807) is 30.5 Å². The average Bonchev–Trinajstić information content (AvgIpc) is 3.28. The maximum Gasteiger partial charge on any atom is 0.359 e. The molecule has 0 saturated heterocycles. The van der Waals surface area contributed by atoms with E-state index in [9.17, 15) is 4.79 Å². The van der Waals surface area contributed by atoms with Gasteiger partial charge in [0.2, 0.25) is 5.89 Å². The Kier molecular flexibility index (Phi) is 4.14. The largest absolute Gasteiger partial charge is 0.451 e. The summed E-state index contributed by atoms with van der Waals surface area (Å²) >= 11 is 5.85. The number of pyridine rings is 1. The molecule has 0 saturated carbocycles. The second-order valence-corrected chi connectivity index (χ2v) is 6.04. The first-order valence-electron chi connectivity index (χ1n) is 7.80. The lowest BCUT2D eigenvalue weighted by molar-refractivity contribution is 0.0432. The molecular formula is C18H13ClN4O3. The monoisotopic (exact) mass is 368 g/mol. The lowest BCUT2D eigenvalue weighted by Gasteiger charge is -1.98. The SMILES string of the molecule is Cc1cccc2nc(C(=O)OCc3nnc(-c4ccc(Cl)cc4)o3)cn12. The van der Waals surface area contributed by atoms with E-state index in [0.29, 0.717) is 16.6 Å². The lowest BCUT2D eigenvalue weighted by Crippen LogP contribution is -2.05. The van der Waals surface area contributed by atoms with Crippen molar-refractivity contribution in [3.8, 4) is 11.5 Å². The number of imidazole rings is 1. The van der Waals surface area contributed by atoms with E-state index in [4.69, 9.17) is 20.8 Å². The number of carbonyl (C=O) groups is 1. The first-order valence-corrected chi connectivity index (χ1v) is 8.18. The molecule has 26 heavy (non-hydrogen) atoms. The number of hydrogen-bond acceptors (Lipinski definition) is 6. The number of aryl methyl sites for hydroxylation is 1. The van der Waals surface area contributed by atoms with Gasteiger partial charge in [-0.15, -0.1) is 10.2 Å². The Morgan fingerprint density at radius 2 is 2.00 bits per heavy atom. The van der Waals surface area contributed by atoms with Crippen LogP contribution >= 0.6 is 11.6 Å². The Morgan fingerprint density at radius 3 is 2.77 bits per heavy atom.